The maximum absolute atomic E-state index is 11.0. The lowest BCUT2D eigenvalue weighted by atomic mass is 10.3. The van der Waals surface area contributed by atoms with Gasteiger partial charge in [0.25, 0.3) is 5.56 Å². The van der Waals surface area contributed by atoms with Crippen molar-refractivity contribution in [1.29, 1.82) is 0 Å². The second-order valence-electron chi connectivity index (χ2n) is 3.74. The van der Waals surface area contributed by atoms with Crippen LogP contribution in [-0.2, 0) is 6.54 Å². The van der Waals surface area contributed by atoms with Crippen molar-refractivity contribution < 1.29 is 0 Å². The van der Waals surface area contributed by atoms with Crippen molar-refractivity contribution in [3.63, 3.8) is 0 Å². The van der Waals surface area contributed by atoms with E-state index in [2.05, 4.69) is 10.2 Å². The fourth-order valence-corrected chi connectivity index (χ4v) is 2.14. The van der Waals surface area contributed by atoms with Crippen molar-refractivity contribution in [2.45, 2.75) is 6.54 Å². The van der Waals surface area contributed by atoms with Gasteiger partial charge in [-0.25, -0.2) is 0 Å². The molecule has 17 heavy (non-hydrogen) atoms. The number of aromatic amines is 2. The van der Waals surface area contributed by atoms with Crippen LogP contribution in [0.4, 0.5) is 5.69 Å². The van der Waals surface area contributed by atoms with Crippen molar-refractivity contribution in [2.24, 2.45) is 0 Å². The third-order valence-corrected chi connectivity index (χ3v) is 2.92. The molecule has 0 aliphatic rings. The van der Waals surface area contributed by atoms with Gasteiger partial charge < -0.3 is 10.00 Å². The molecule has 0 unspecified atom stereocenters. The van der Waals surface area contributed by atoms with Crippen LogP contribution in [0.1, 0.15) is 5.69 Å². The van der Waals surface area contributed by atoms with E-state index in [0.717, 1.165) is 11.4 Å². The molecule has 90 valence electrons. The van der Waals surface area contributed by atoms with Crippen molar-refractivity contribution in [1.82, 2.24) is 10.2 Å². The van der Waals surface area contributed by atoms with E-state index in [1.54, 1.807) is 12.1 Å². The highest BCUT2D eigenvalue weighted by Gasteiger charge is 2.08. The molecule has 1 aromatic carbocycles. The van der Waals surface area contributed by atoms with Gasteiger partial charge in [-0.05, 0) is 18.2 Å². The first-order valence-corrected chi connectivity index (χ1v) is 5.74. The standard InChI is InChI=1S/C11H11Cl2N3O/c1-16(6-8-5-11(17)15-14-8)10-3-2-7(12)4-9(10)13/h2-5H,6H2,1H3,(H2,14,15,17). The zero-order chi connectivity index (χ0) is 12.4. The third kappa shape index (κ3) is 2.84. The zero-order valence-electron chi connectivity index (χ0n) is 9.13. The second kappa shape index (κ2) is 4.85. The van der Waals surface area contributed by atoms with Gasteiger partial charge in [0.1, 0.15) is 0 Å². The number of hydrogen-bond acceptors (Lipinski definition) is 2. The number of nitrogens with one attached hydrogen (secondary N) is 2. The molecule has 4 nitrogen and oxygen atoms in total. The van der Waals surface area contributed by atoms with Crippen LogP contribution in [0.3, 0.4) is 0 Å². The largest absolute Gasteiger partial charge is 0.368 e. The summed E-state index contributed by atoms with van der Waals surface area (Å²) in [6, 6.07) is 6.82. The lowest BCUT2D eigenvalue weighted by Gasteiger charge is -2.19. The van der Waals surface area contributed by atoms with Gasteiger partial charge in [-0.15, -0.1) is 0 Å². The Morgan fingerprint density at radius 3 is 2.59 bits per heavy atom. The highest BCUT2D eigenvalue weighted by molar-refractivity contribution is 6.36. The summed E-state index contributed by atoms with van der Waals surface area (Å²) >= 11 is 11.9. The van der Waals surface area contributed by atoms with E-state index in [1.165, 1.54) is 6.07 Å². The number of aromatic nitrogens is 2. The van der Waals surface area contributed by atoms with Gasteiger partial charge in [0.2, 0.25) is 0 Å². The van der Waals surface area contributed by atoms with Crippen LogP contribution in [0, 0.1) is 0 Å². The average Bonchev–Trinajstić information content (AvgIpc) is 2.63. The van der Waals surface area contributed by atoms with E-state index in [-0.39, 0.29) is 5.56 Å². The number of benzene rings is 1. The van der Waals surface area contributed by atoms with E-state index >= 15 is 0 Å². The molecule has 0 radical (unpaired) electrons. The minimum absolute atomic E-state index is 0.143. The predicted octanol–water partition coefficient (Wildman–Crippen LogP) is 2.65. The van der Waals surface area contributed by atoms with Crippen LogP contribution in [0.5, 0.6) is 0 Å². The Morgan fingerprint density at radius 2 is 2.00 bits per heavy atom. The molecule has 1 heterocycles. The highest BCUT2D eigenvalue weighted by atomic mass is 35.5. The number of anilines is 1. The van der Waals surface area contributed by atoms with Crippen LogP contribution in [-0.4, -0.2) is 17.2 Å². The van der Waals surface area contributed by atoms with Crippen LogP contribution in [0.2, 0.25) is 10.0 Å². The summed E-state index contributed by atoms with van der Waals surface area (Å²) in [5.74, 6) is 0. The molecule has 0 aliphatic heterocycles. The fraction of sp³-hybridized carbons (Fsp3) is 0.182. The molecule has 2 aromatic rings. The molecule has 0 spiro atoms. The molecule has 2 rings (SSSR count). The molecule has 1 aromatic heterocycles. The fourth-order valence-electron chi connectivity index (χ4n) is 1.59. The average molecular weight is 272 g/mol. The van der Waals surface area contributed by atoms with Crippen molar-refractivity contribution in [3.8, 4) is 0 Å². The molecular weight excluding hydrogens is 261 g/mol. The molecule has 0 aliphatic carbocycles. The Kier molecular flexibility index (Phi) is 3.45. The first-order valence-electron chi connectivity index (χ1n) is 4.99. The summed E-state index contributed by atoms with van der Waals surface area (Å²) in [6.45, 7) is 0.556. The monoisotopic (exact) mass is 271 g/mol. The van der Waals surface area contributed by atoms with Crippen molar-refractivity contribution in [3.05, 3.63) is 50.4 Å². The molecule has 2 N–H and O–H groups in total. The highest BCUT2D eigenvalue weighted by Crippen LogP contribution is 2.28. The number of nitrogens with zero attached hydrogens (tertiary/aromatic N) is 1. The summed E-state index contributed by atoms with van der Waals surface area (Å²) in [6.07, 6.45) is 0. The van der Waals surface area contributed by atoms with E-state index in [9.17, 15) is 4.79 Å². The molecule has 0 fully saturated rings. The van der Waals surface area contributed by atoms with Gasteiger partial charge in [-0.1, -0.05) is 23.2 Å². The van der Waals surface area contributed by atoms with Gasteiger partial charge in [0.15, 0.2) is 0 Å². The smallest absolute Gasteiger partial charge is 0.264 e. The van der Waals surface area contributed by atoms with Gasteiger partial charge >= 0.3 is 0 Å². The Bertz CT molecular complexity index is 576. The Morgan fingerprint density at radius 1 is 1.24 bits per heavy atom. The Balaban J connectivity index is 2.19. The van der Waals surface area contributed by atoms with Gasteiger partial charge in [-0.2, -0.15) is 0 Å². The summed E-state index contributed by atoms with van der Waals surface area (Å²) in [5, 5.41) is 6.46. The summed E-state index contributed by atoms with van der Waals surface area (Å²) < 4.78 is 0. The van der Waals surface area contributed by atoms with Crippen LogP contribution in [0.25, 0.3) is 0 Å². The number of H-pyrrole nitrogens is 2. The van der Waals surface area contributed by atoms with Crippen molar-refractivity contribution in [2.75, 3.05) is 11.9 Å². The third-order valence-electron chi connectivity index (χ3n) is 2.38. The summed E-state index contributed by atoms with van der Waals surface area (Å²) in [5.41, 5.74) is 1.51. The summed E-state index contributed by atoms with van der Waals surface area (Å²) in [4.78, 5) is 12.9. The molecule has 0 bridgehead atoms. The zero-order valence-corrected chi connectivity index (χ0v) is 10.6. The Hall–Kier alpha value is -1.39. The minimum Gasteiger partial charge on any atom is -0.368 e. The van der Waals surface area contributed by atoms with Crippen LogP contribution in [0.15, 0.2) is 29.1 Å². The number of hydrogen-bond donors (Lipinski definition) is 2. The first-order chi connectivity index (χ1) is 8.06. The van der Waals surface area contributed by atoms with Crippen LogP contribution < -0.4 is 10.5 Å². The number of halogens is 2. The molecule has 0 saturated carbocycles. The quantitative estimate of drug-likeness (QED) is 0.902. The van der Waals surface area contributed by atoms with E-state index < -0.39 is 0 Å². The lowest BCUT2D eigenvalue weighted by Crippen LogP contribution is -2.17. The predicted molar refractivity (Wildman–Crippen MR) is 70.0 cm³/mol. The second-order valence-corrected chi connectivity index (χ2v) is 4.58. The topological polar surface area (TPSA) is 51.9 Å². The van der Waals surface area contributed by atoms with E-state index in [1.807, 2.05) is 18.0 Å². The maximum atomic E-state index is 11.0. The molecule has 0 atom stereocenters. The molecular formula is C11H11Cl2N3O. The molecule has 0 saturated heterocycles. The van der Waals surface area contributed by atoms with Crippen LogP contribution >= 0.6 is 23.2 Å². The van der Waals surface area contributed by atoms with E-state index in [4.69, 9.17) is 23.2 Å². The van der Waals surface area contributed by atoms with Crippen molar-refractivity contribution >= 4 is 28.9 Å². The molecule has 0 amide bonds. The first kappa shape index (κ1) is 12.1. The normalized spacial score (nSPS) is 10.5. The SMILES string of the molecule is CN(Cc1cc(=O)[nH][nH]1)c1ccc(Cl)cc1Cl. The Labute approximate surface area is 108 Å². The lowest BCUT2D eigenvalue weighted by molar-refractivity contribution is 0.868. The maximum Gasteiger partial charge on any atom is 0.264 e. The number of rotatable bonds is 3. The van der Waals surface area contributed by atoms with E-state index in [0.29, 0.717) is 16.6 Å². The molecule has 6 heteroatoms. The van der Waals surface area contributed by atoms with Gasteiger partial charge in [0, 0.05) is 18.1 Å². The summed E-state index contributed by atoms with van der Waals surface area (Å²) in [7, 11) is 1.89. The van der Waals surface area contributed by atoms with Gasteiger partial charge in [0.05, 0.1) is 22.9 Å². The minimum atomic E-state index is -0.143. The van der Waals surface area contributed by atoms with Gasteiger partial charge in [-0.3, -0.25) is 9.89 Å².